The number of hydrogen-bond acceptors (Lipinski definition) is 7. The molecule has 8 nitrogen and oxygen atoms in total. The van der Waals surface area contributed by atoms with Crippen LogP contribution in [0.1, 0.15) is 23.7 Å². The van der Waals surface area contributed by atoms with Crippen LogP contribution in [0.3, 0.4) is 0 Å². The normalized spacial score (nSPS) is 14.0. The van der Waals surface area contributed by atoms with Crippen molar-refractivity contribution in [2.45, 2.75) is 13.3 Å². The van der Waals surface area contributed by atoms with E-state index in [2.05, 4.69) is 43.5 Å². The Balaban J connectivity index is 1.68. The van der Waals surface area contributed by atoms with Gasteiger partial charge < -0.3 is 15.0 Å². The molecule has 0 radical (unpaired) electrons. The molecular weight excluding hydrogens is 368 g/mol. The maximum atomic E-state index is 12.5. The van der Waals surface area contributed by atoms with Crippen molar-refractivity contribution in [2.75, 3.05) is 48.4 Å². The Morgan fingerprint density at radius 2 is 2.07 bits per heavy atom. The molecule has 1 amide bonds. The summed E-state index contributed by atoms with van der Waals surface area (Å²) in [4.78, 5) is 27.9. The summed E-state index contributed by atoms with van der Waals surface area (Å²) >= 11 is 0. The highest BCUT2D eigenvalue weighted by atomic mass is 16.5. The van der Waals surface area contributed by atoms with E-state index in [9.17, 15) is 4.79 Å². The minimum Gasteiger partial charge on any atom is -0.378 e. The smallest absolute Gasteiger partial charge is 0.259 e. The molecule has 2 aromatic heterocycles. The largest absolute Gasteiger partial charge is 0.378 e. The van der Waals surface area contributed by atoms with E-state index < -0.39 is 0 Å². The summed E-state index contributed by atoms with van der Waals surface area (Å²) < 4.78 is 5.45. The Hall–Kier alpha value is -3.26. The Bertz CT molecular complexity index is 989. The fraction of sp³-hybridized carbons (Fsp3) is 0.333. The van der Waals surface area contributed by atoms with E-state index in [1.165, 1.54) is 6.20 Å². The summed E-state index contributed by atoms with van der Waals surface area (Å²) in [5, 5.41) is 7.06. The molecule has 4 rings (SSSR count). The lowest BCUT2D eigenvalue weighted by Crippen LogP contribution is -2.36. The Morgan fingerprint density at radius 3 is 2.83 bits per heavy atom. The van der Waals surface area contributed by atoms with E-state index in [4.69, 9.17) is 4.74 Å². The summed E-state index contributed by atoms with van der Waals surface area (Å²) in [7, 11) is 0. The van der Waals surface area contributed by atoms with Gasteiger partial charge in [-0.2, -0.15) is 4.98 Å². The zero-order chi connectivity index (χ0) is 20.1. The van der Waals surface area contributed by atoms with Crippen LogP contribution in [0.2, 0.25) is 0 Å². The number of ether oxygens (including phenoxy) is 1. The second-order valence-corrected chi connectivity index (χ2v) is 6.82. The van der Waals surface area contributed by atoms with Crippen molar-refractivity contribution >= 4 is 34.3 Å². The van der Waals surface area contributed by atoms with Crippen molar-refractivity contribution < 1.29 is 9.53 Å². The van der Waals surface area contributed by atoms with Crippen LogP contribution in [-0.2, 0) is 4.74 Å². The highest BCUT2D eigenvalue weighted by molar-refractivity contribution is 6.04. The molecule has 1 aliphatic rings. The van der Waals surface area contributed by atoms with Gasteiger partial charge in [0, 0.05) is 43.1 Å². The minimum absolute atomic E-state index is 0.268. The van der Waals surface area contributed by atoms with Crippen molar-refractivity contribution in [1.82, 2.24) is 15.0 Å². The average Bonchev–Trinajstić information content (AvgIpc) is 2.78. The van der Waals surface area contributed by atoms with E-state index in [-0.39, 0.29) is 11.9 Å². The lowest BCUT2D eigenvalue weighted by atomic mass is 10.2. The molecule has 1 aromatic carbocycles. The molecule has 8 heteroatoms. The third kappa shape index (κ3) is 4.43. The minimum atomic E-state index is -0.289. The van der Waals surface area contributed by atoms with Gasteiger partial charge in [-0.25, -0.2) is 4.98 Å². The summed E-state index contributed by atoms with van der Waals surface area (Å²) in [6, 6.07) is 9.58. The van der Waals surface area contributed by atoms with Crippen LogP contribution in [0.5, 0.6) is 0 Å². The summed E-state index contributed by atoms with van der Waals surface area (Å²) in [5.74, 6) is 0.694. The third-order valence-electron chi connectivity index (χ3n) is 4.75. The Morgan fingerprint density at radius 1 is 1.21 bits per heavy atom. The molecule has 2 N–H and O–H groups in total. The van der Waals surface area contributed by atoms with Crippen molar-refractivity contribution in [3.05, 3.63) is 48.3 Å². The highest BCUT2D eigenvalue weighted by Crippen LogP contribution is 2.27. The van der Waals surface area contributed by atoms with Crippen LogP contribution < -0.4 is 15.5 Å². The van der Waals surface area contributed by atoms with Gasteiger partial charge in [-0.05, 0) is 36.8 Å². The molecule has 1 fully saturated rings. The molecule has 0 bridgehead atoms. The molecular formula is C21H24N6O2. The highest BCUT2D eigenvalue weighted by Gasteiger charge is 2.15. The van der Waals surface area contributed by atoms with Gasteiger partial charge in [-0.3, -0.25) is 15.1 Å². The number of benzene rings is 1. The van der Waals surface area contributed by atoms with Crippen LogP contribution in [0.25, 0.3) is 10.9 Å². The van der Waals surface area contributed by atoms with Crippen LogP contribution in [-0.4, -0.2) is 53.7 Å². The number of anilines is 3. The molecule has 0 aliphatic carbocycles. The SMILES string of the molecule is CCCNc1nc(NC(=O)c2cccnc2)nc2cc(N3CCOCC3)ccc12. The van der Waals surface area contributed by atoms with Crippen molar-refractivity contribution in [2.24, 2.45) is 0 Å². The number of nitrogens with one attached hydrogen (secondary N) is 2. The predicted octanol–water partition coefficient (Wildman–Crippen LogP) is 2.94. The molecule has 1 aliphatic heterocycles. The third-order valence-corrected chi connectivity index (χ3v) is 4.75. The molecule has 0 unspecified atom stereocenters. The van der Waals surface area contributed by atoms with Gasteiger partial charge in [-0.15, -0.1) is 0 Å². The number of aromatic nitrogens is 3. The number of nitrogens with zero attached hydrogens (tertiary/aromatic N) is 4. The summed E-state index contributed by atoms with van der Waals surface area (Å²) in [5.41, 5.74) is 2.33. The van der Waals surface area contributed by atoms with Gasteiger partial charge in [0.25, 0.3) is 5.91 Å². The molecule has 1 saturated heterocycles. The van der Waals surface area contributed by atoms with Gasteiger partial charge >= 0.3 is 0 Å². The topological polar surface area (TPSA) is 92.3 Å². The zero-order valence-corrected chi connectivity index (χ0v) is 16.4. The molecule has 3 aromatic rings. The van der Waals surface area contributed by atoms with Crippen LogP contribution >= 0.6 is 0 Å². The Kier molecular flexibility index (Phi) is 5.81. The van der Waals surface area contributed by atoms with Gasteiger partial charge in [0.2, 0.25) is 5.95 Å². The monoisotopic (exact) mass is 392 g/mol. The first-order valence-corrected chi connectivity index (χ1v) is 9.84. The number of hydrogen-bond donors (Lipinski definition) is 2. The maximum Gasteiger partial charge on any atom is 0.259 e. The van der Waals surface area contributed by atoms with Crippen LogP contribution in [0, 0.1) is 0 Å². The molecule has 0 atom stereocenters. The van der Waals surface area contributed by atoms with E-state index >= 15 is 0 Å². The van der Waals surface area contributed by atoms with Crippen LogP contribution in [0.15, 0.2) is 42.7 Å². The first-order valence-electron chi connectivity index (χ1n) is 9.84. The quantitative estimate of drug-likeness (QED) is 0.666. The van der Waals surface area contributed by atoms with E-state index in [1.807, 2.05) is 12.1 Å². The fourth-order valence-corrected chi connectivity index (χ4v) is 3.24. The van der Waals surface area contributed by atoms with Gasteiger partial charge in [0.05, 0.1) is 24.3 Å². The number of fused-ring (bicyclic) bond motifs is 1. The van der Waals surface area contributed by atoms with Gasteiger partial charge in [0.1, 0.15) is 5.82 Å². The van der Waals surface area contributed by atoms with Crippen molar-refractivity contribution in [3.63, 3.8) is 0 Å². The second kappa shape index (κ2) is 8.83. The molecule has 150 valence electrons. The maximum absolute atomic E-state index is 12.5. The summed E-state index contributed by atoms with van der Waals surface area (Å²) in [6.45, 7) is 6.02. The number of carbonyl (C=O) groups is 1. The number of morpholine rings is 1. The number of rotatable bonds is 6. The lowest BCUT2D eigenvalue weighted by molar-refractivity contribution is 0.102. The molecule has 29 heavy (non-hydrogen) atoms. The predicted molar refractivity (Wildman–Crippen MR) is 114 cm³/mol. The summed E-state index contributed by atoms with van der Waals surface area (Å²) in [6.07, 6.45) is 4.11. The molecule has 3 heterocycles. The second-order valence-electron chi connectivity index (χ2n) is 6.82. The fourth-order valence-electron chi connectivity index (χ4n) is 3.24. The van der Waals surface area contributed by atoms with Gasteiger partial charge in [-0.1, -0.05) is 6.92 Å². The van der Waals surface area contributed by atoms with E-state index in [0.29, 0.717) is 11.4 Å². The van der Waals surface area contributed by atoms with Crippen LogP contribution in [0.4, 0.5) is 17.5 Å². The van der Waals surface area contributed by atoms with Crippen molar-refractivity contribution in [3.8, 4) is 0 Å². The molecule has 0 spiro atoms. The molecule has 0 saturated carbocycles. The standard InChI is InChI=1S/C21H24N6O2/c1-2-7-23-19-17-6-5-16(27-9-11-29-12-10-27)13-18(17)24-21(25-19)26-20(28)15-4-3-8-22-14-15/h3-6,8,13-14H,2,7,9-12H2,1H3,(H2,23,24,25,26,28). The number of carbonyl (C=O) groups excluding carboxylic acids is 1. The van der Waals surface area contributed by atoms with E-state index in [0.717, 1.165) is 55.9 Å². The number of pyridine rings is 1. The number of amides is 1. The Labute approximate surface area is 169 Å². The lowest BCUT2D eigenvalue weighted by Gasteiger charge is -2.29. The first-order chi connectivity index (χ1) is 14.2. The zero-order valence-electron chi connectivity index (χ0n) is 16.4. The average molecular weight is 392 g/mol. The van der Waals surface area contributed by atoms with E-state index in [1.54, 1.807) is 18.3 Å². The van der Waals surface area contributed by atoms with Crippen molar-refractivity contribution in [1.29, 1.82) is 0 Å². The van der Waals surface area contributed by atoms with Gasteiger partial charge in [0.15, 0.2) is 0 Å². The first kappa shape index (κ1) is 19.1.